The maximum atomic E-state index is 12.6. The summed E-state index contributed by atoms with van der Waals surface area (Å²) in [5.74, 6) is 2.12. The van der Waals surface area contributed by atoms with Gasteiger partial charge < -0.3 is 0 Å². The molecule has 1 nitrogen and oxygen atoms in total. The predicted molar refractivity (Wildman–Crippen MR) is 67.3 cm³/mol. The summed E-state index contributed by atoms with van der Waals surface area (Å²) in [5.41, 5.74) is 0.886. The highest BCUT2D eigenvalue weighted by Crippen LogP contribution is 2.10. The van der Waals surface area contributed by atoms with Crippen LogP contribution in [-0.2, 0) is 11.2 Å². The molecule has 88 valence electrons. The number of ketones is 1. The Kier molecular flexibility index (Phi) is 5.53. The van der Waals surface area contributed by atoms with Crippen LogP contribution >= 0.6 is 11.8 Å². The maximum absolute atomic E-state index is 12.6. The lowest BCUT2D eigenvalue weighted by molar-refractivity contribution is -0.116. The van der Waals surface area contributed by atoms with E-state index in [0.717, 1.165) is 11.3 Å². The van der Waals surface area contributed by atoms with Gasteiger partial charge in [0, 0.05) is 6.42 Å². The summed E-state index contributed by atoms with van der Waals surface area (Å²) >= 11 is 1.67. The molecule has 1 aromatic carbocycles. The van der Waals surface area contributed by atoms with Crippen molar-refractivity contribution in [1.29, 1.82) is 0 Å². The van der Waals surface area contributed by atoms with Gasteiger partial charge in [-0.25, -0.2) is 4.39 Å². The molecule has 3 heteroatoms. The highest BCUT2D eigenvalue weighted by Gasteiger charge is 2.04. The molecule has 0 aromatic heterocycles. The molecule has 0 radical (unpaired) electrons. The van der Waals surface area contributed by atoms with E-state index in [-0.39, 0.29) is 11.6 Å². The van der Waals surface area contributed by atoms with Gasteiger partial charge in [0.1, 0.15) is 11.6 Å². The molecule has 0 N–H and O–H groups in total. The Morgan fingerprint density at radius 1 is 1.31 bits per heavy atom. The SMILES string of the molecule is CC(C)CSCC(=O)Cc1ccc(F)cc1. The Bertz CT molecular complexity index is 332. The molecule has 0 aliphatic rings. The molecular weight excluding hydrogens is 223 g/mol. The second-order valence-electron chi connectivity index (χ2n) is 4.25. The fraction of sp³-hybridized carbons (Fsp3) is 0.462. The molecular formula is C13H17FOS. The first-order valence-electron chi connectivity index (χ1n) is 5.42. The molecule has 1 rings (SSSR count). The molecule has 0 heterocycles. The van der Waals surface area contributed by atoms with E-state index >= 15 is 0 Å². The first kappa shape index (κ1) is 13.2. The first-order valence-corrected chi connectivity index (χ1v) is 6.57. The number of carbonyl (C=O) groups is 1. The van der Waals surface area contributed by atoms with E-state index in [2.05, 4.69) is 13.8 Å². The number of benzene rings is 1. The number of hydrogen-bond acceptors (Lipinski definition) is 2. The van der Waals surface area contributed by atoms with Gasteiger partial charge in [-0.15, -0.1) is 0 Å². The van der Waals surface area contributed by atoms with Gasteiger partial charge >= 0.3 is 0 Å². The fourth-order valence-electron chi connectivity index (χ4n) is 1.29. The highest BCUT2D eigenvalue weighted by atomic mass is 32.2. The van der Waals surface area contributed by atoms with Crippen LogP contribution in [0.5, 0.6) is 0 Å². The Morgan fingerprint density at radius 2 is 1.94 bits per heavy atom. The molecule has 0 fully saturated rings. The average Bonchev–Trinajstić information content (AvgIpc) is 2.21. The number of thioether (sulfide) groups is 1. The standard InChI is InChI=1S/C13H17FOS/c1-10(2)8-16-9-13(15)7-11-3-5-12(14)6-4-11/h3-6,10H,7-9H2,1-2H3. The number of halogens is 1. The van der Waals surface area contributed by atoms with Crippen LogP contribution in [0.25, 0.3) is 0 Å². The van der Waals surface area contributed by atoms with Crippen molar-refractivity contribution < 1.29 is 9.18 Å². The molecule has 0 spiro atoms. The van der Waals surface area contributed by atoms with Crippen LogP contribution in [0.15, 0.2) is 24.3 Å². The second-order valence-corrected chi connectivity index (χ2v) is 5.28. The van der Waals surface area contributed by atoms with Crippen LogP contribution in [0.3, 0.4) is 0 Å². The molecule has 0 aliphatic heterocycles. The van der Waals surface area contributed by atoms with Gasteiger partial charge in [-0.3, -0.25) is 4.79 Å². The van der Waals surface area contributed by atoms with Crippen molar-refractivity contribution in [3.05, 3.63) is 35.6 Å². The normalized spacial score (nSPS) is 10.8. The number of rotatable bonds is 6. The lowest BCUT2D eigenvalue weighted by Crippen LogP contribution is -2.07. The predicted octanol–water partition coefficient (Wildman–Crippen LogP) is 3.33. The number of hydrogen-bond donors (Lipinski definition) is 0. The summed E-state index contributed by atoms with van der Waals surface area (Å²) in [4.78, 5) is 11.6. The van der Waals surface area contributed by atoms with Crippen LogP contribution in [-0.4, -0.2) is 17.3 Å². The highest BCUT2D eigenvalue weighted by molar-refractivity contribution is 7.99. The van der Waals surface area contributed by atoms with E-state index in [9.17, 15) is 9.18 Å². The third kappa shape index (κ3) is 5.31. The Morgan fingerprint density at radius 3 is 2.50 bits per heavy atom. The zero-order chi connectivity index (χ0) is 12.0. The number of carbonyl (C=O) groups excluding carboxylic acids is 1. The Hall–Kier alpha value is -0.830. The van der Waals surface area contributed by atoms with Crippen LogP contribution in [0.2, 0.25) is 0 Å². The van der Waals surface area contributed by atoms with Crippen molar-refractivity contribution in [3.8, 4) is 0 Å². The monoisotopic (exact) mass is 240 g/mol. The lowest BCUT2D eigenvalue weighted by atomic mass is 10.1. The molecule has 0 bridgehead atoms. The molecule has 0 saturated carbocycles. The molecule has 16 heavy (non-hydrogen) atoms. The summed E-state index contributed by atoms with van der Waals surface area (Å²) in [7, 11) is 0. The van der Waals surface area contributed by atoms with Gasteiger partial charge in [-0.2, -0.15) is 11.8 Å². The van der Waals surface area contributed by atoms with E-state index in [4.69, 9.17) is 0 Å². The van der Waals surface area contributed by atoms with Gasteiger partial charge in [0.05, 0.1) is 5.75 Å². The van der Waals surface area contributed by atoms with Crippen molar-refractivity contribution in [2.45, 2.75) is 20.3 Å². The average molecular weight is 240 g/mol. The van der Waals surface area contributed by atoms with Gasteiger partial charge in [-0.1, -0.05) is 26.0 Å². The van der Waals surface area contributed by atoms with Crippen LogP contribution in [0, 0.1) is 11.7 Å². The minimum Gasteiger partial charge on any atom is -0.298 e. The van der Waals surface area contributed by atoms with E-state index < -0.39 is 0 Å². The Balaban J connectivity index is 2.31. The third-order valence-corrected chi connectivity index (χ3v) is 3.46. The van der Waals surface area contributed by atoms with Crippen molar-refractivity contribution in [3.63, 3.8) is 0 Å². The molecule has 0 amide bonds. The van der Waals surface area contributed by atoms with Crippen molar-refractivity contribution in [2.75, 3.05) is 11.5 Å². The maximum Gasteiger partial charge on any atom is 0.147 e. The summed E-state index contributed by atoms with van der Waals surface area (Å²) in [6, 6.07) is 6.12. The van der Waals surface area contributed by atoms with Gasteiger partial charge in [0.2, 0.25) is 0 Å². The van der Waals surface area contributed by atoms with Gasteiger partial charge in [-0.05, 0) is 29.4 Å². The van der Waals surface area contributed by atoms with E-state index in [0.29, 0.717) is 18.1 Å². The molecule has 0 atom stereocenters. The summed E-state index contributed by atoms with van der Waals surface area (Å²) < 4.78 is 12.6. The number of Topliss-reactive ketones (excluding diaryl/α,β-unsaturated/α-hetero) is 1. The first-order chi connectivity index (χ1) is 7.58. The van der Waals surface area contributed by atoms with E-state index in [1.165, 1.54) is 12.1 Å². The molecule has 0 unspecified atom stereocenters. The summed E-state index contributed by atoms with van der Waals surface area (Å²) in [6.07, 6.45) is 0.408. The topological polar surface area (TPSA) is 17.1 Å². The van der Waals surface area contributed by atoms with Crippen molar-refractivity contribution >= 4 is 17.5 Å². The van der Waals surface area contributed by atoms with E-state index in [1.807, 2.05) is 0 Å². The van der Waals surface area contributed by atoms with Gasteiger partial charge in [0.15, 0.2) is 0 Å². The van der Waals surface area contributed by atoms with Crippen LogP contribution in [0.1, 0.15) is 19.4 Å². The summed E-state index contributed by atoms with van der Waals surface area (Å²) in [6.45, 7) is 4.27. The zero-order valence-corrected chi connectivity index (χ0v) is 10.5. The molecule has 0 aliphatic carbocycles. The minimum absolute atomic E-state index is 0.206. The van der Waals surface area contributed by atoms with Crippen molar-refractivity contribution in [2.24, 2.45) is 5.92 Å². The molecule has 1 aromatic rings. The van der Waals surface area contributed by atoms with Crippen LogP contribution in [0.4, 0.5) is 4.39 Å². The van der Waals surface area contributed by atoms with Gasteiger partial charge in [0.25, 0.3) is 0 Å². The largest absolute Gasteiger partial charge is 0.298 e. The lowest BCUT2D eigenvalue weighted by Gasteiger charge is -2.04. The second kappa shape index (κ2) is 6.69. The fourth-order valence-corrected chi connectivity index (χ4v) is 2.21. The smallest absolute Gasteiger partial charge is 0.147 e. The van der Waals surface area contributed by atoms with Crippen molar-refractivity contribution in [1.82, 2.24) is 0 Å². The summed E-state index contributed by atoms with van der Waals surface area (Å²) in [5, 5.41) is 0. The minimum atomic E-state index is -0.259. The van der Waals surface area contributed by atoms with E-state index in [1.54, 1.807) is 23.9 Å². The Labute approximate surface area is 100 Å². The quantitative estimate of drug-likeness (QED) is 0.758. The zero-order valence-electron chi connectivity index (χ0n) is 9.70. The van der Waals surface area contributed by atoms with Crippen LogP contribution < -0.4 is 0 Å². The third-order valence-electron chi connectivity index (χ3n) is 2.03. The molecule has 0 saturated heterocycles.